The number of anilines is 3. The number of rotatable bonds is 5. The highest BCUT2D eigenvalue weighted by Crippen LogP contribution is 2.50. The predicted molar refractivity (Wildman–Crippen MR) is 193 cm³/mol. The molecule has 9 rings (SSSR count). The van der Waals surface area contributed by atoms with E-state index in [-0.39, 0.29) is 0 Å². The van der Waals surface area contributed by atoms with Crippen molar-refractivity contribution in [1.29, 1.82) is 0 Å². The van der Waals surface area contributed by atoms with Crippen molar-refractivity contribution < 1.29 is 4.42 Å². The maximum absolute atomic E-state index is 6.37. The number of hydrogen-bond acceptors (Lipinski definition) is 2. The molecular formula is C44H29NO. The molecule has 0 saturated heterocycles. The van der Waals surface area contributed by atoms with Crippen LogP contribution in [0.15, 0.2) is 175 Å². The van der Waals surface area contributed by atoms with E-state index < -0.39 is 0 Å². The van der Waals surface area contributed by atoms with Crippen LogP contribution in [0.4, 0.5) is 17.1 Å². The molecule has 0 fully saturated rings. The molecule has 1 aliphatic carbocycles. The van der Waals surface area contributed by atoms with Crippen molar-refractivity contribution in [3.05, 3.63) is 181 Å². The third-order valence-electron chi connectivity index (χ3n) is 9.20. The van der Waals surface area contributed by atoms with Crippen LogP contribution in [0.1, 0.15) is 11.1 Å². The van der Waals surface area contributed by atoms with Crippen LogP contribution in [0.25, 0.3) is 60.9 Å². The van der Waals surface area contributed by atoms with Gasteiger partial charge in [0.05, 0.1) is 5.69 Å². The van der Waals surface area contributed by atoms with Gasteiger partial charge in [-0.25, -0.2) is 0 Å². The van der Waals surface area contributed by atoms with Gasteiger partial charge in [0.1, 0.15) is 11.2 Å². The number of fused-ring (bicyclic) bond motifs is 6. The number of benzene rings is 7. The Bertz CT molecular complexity index is 2410. The van der Waals surface area contributed by atoms with Gasteiger partial charge in [-0.15, -0.1) is 0 Å². The largest absolute Gasteiger partial charge is 0.455 e. The van der Waals surface area contributed by atoms with E-state index in [0.717, 1.165) is 55.7 Å². The molecule has 216 valence electrons. The maximum atomic E-state index is 6.37. The predicted octanol–water partition coefficient (Wildman–Crippen LogP) is 12.4. The van der Waals surface area contributed by atoms with E-state index in [1.54, 1.807) is 0 Å². The Morgan fingerprint density at radius 3 is 1.76 bits per heavy atom. The van der Waals surface area contributed by atoms with Crippen molar-refractivity contribution >= 4 is 44.6 Å². The van der Waals surface area contributed by atoms with Gasteiger partial charge in [-0.2, -0.15) is 0 Å². The molecule has 46 heavy (non-hydrogen) atoms. The molecule has 0 radical (unpaired) electrons. The van der Waals surface area contributed by atoms with Crippen molar-refractivity contribution in [1.82, 2.24) is 0 Å². The number of nitrogens with zero attached hydrogens (tertiary/aromatic N) is 1. The van der Waals surface area contributed by atoms with Crippen LogP contribution in [0.3, 0.4) is 0 Å². The Hall–Kier alpha value is -6.12. The summed E-state index contributed by atoms with van der Waals surface area (Å²) in [4.78, 5) is 2.36. The van der Waals surface area contributed by atoms with E-state index in [9.17, 15) is 0 Å². The fourth-order valence-corrected chi connectivity index (χ4v) is 7.01. The van der Waals surface area contributed by atoms with E-state index in [2.05, 4.69) is 163 Å². The molecule has 0 N–H and O–H groups in total. The molecule has 0 saturated carbocycles. The lowest BCUT2D eigenvalue weighted by Crippen LogP contribution is -2.12. The maximum Gasteiger partial charge on any atom is 0.143 e. The Morgan fingerprint density at radius 1 is 0.413 bits per heavy atom. The van der Waals surface area contributed by atoms with Gasteiger partial charge < -0.3 is 9.32 Å². The van der Waals surface area contributed by atoms with Crippen LogP contribution in [0.5, 0.6) is 0 Å². The molecule has 8 aromatic rings. The topological polar surface area (TPSA) is 16.4 Å². The van der Waals surface area contributed by atoms with Crippen molar-refractivity contribution in [3.63, 3.8) is 0 Å². The van der Waals surface area contributed by atoms with Crippen molar-refractivity contribution in [2.45, 2.75) is 0 Å². The Morgan fingerprint density at radius 2 is 0.978 bits per heavy atom. The first-order chi connectivity index (χ1) is 22.7. The lowest BCUT2D eigenvalue weighted by Gasteiger charge is -2.28. The monoisotopic (exact) mass is 587 g/mol. The minimum atomic E-state index is 0.908. The average Bonchev–Trinajstić information content (AvgIpc) is 3.65. The summed E-state index contributed by atoms with van der Waals surface area (Å²) in [5.41, 5.74) is 15.6. The Kier molecular flexibility index (Phi) is 6.00. The molecule has 0 unspecified atom stereocenters. The third-order valence-corrected chi connectivity index (χ3v) is 9.20. The molecule has 2 nitrogen and oxygen atoms in total. The zero-order chi connectivity index (χ0) is 30.6. The first-order valence-corrected chi connectivity index (χ1v) is 15.6. The molecule has 0 spiro atoms. The van der Waals surface area contributed by atoms with Crippen LogP contribution in [0, 0.1) is 0 Å². The second-order valence-corrected chi connectivity index (χ2v) is 11.8. The van der Waals surface area contributed by atoms with Crippen LogP contribution < -0.4 is 4.90 Å². The number of para-hydroxylation sites is 2. The molecule has 1 aliphatic rings. The Labute approximate surface area is 268 Å². The van der Waals surface area contributed by atoms with E-state index in [0.29, 0.717) is 0 Å². The molecule has 7 aromatic carbocycles. The summed E-state index contributed by atoms with van der Waals surface area (Å²) in [6.07, 6.45) is 0. The third kappa shape index (κ3) is 4.12. The highest BCUT2D eigenvalue weighted by Gasteiger charge is 2.27. The van der Waals surface area contributed by atoms with E-state index in [1.165, 1.54) is 33.4 Å². The second-order valence-electron chi connectivity index (χ2n) is 11.8. The van der Waals surface area contributed by atoms with Gasteiger partial charge in [-0.1, -0.05) is 134 Å². The normalized spacial score (nSPS) is 12.0. The van der Waals surface area contributed by atoms with Gasteiger partial charge in [0.2, 0.25) is 0 Å². The van der Waals surface area contributed by atoms with Gasteiger partial charge in [-0.3, -0.25) is 0 Å². The summed E-state index contributed by atoms with van der Waals surface area (Å²) in [7, 11) is 0. The highest BCUT2D eigenvalue weighted by atomic mass is 16.3. The molecule has 0 amide bonds. The second kappa shape index (κ2) is 10.5. The van der Waals surface area contributed by atoms with Gasteiger partial charge in [-0.05, 0) is 75.4 Å². The average molecular weight is 588 g/mol. The summed E-state index contributed by atoms with van der Waals surface area (Å²) in [5.74, 6) is 0. The molecule has 1 heterocycles. The fourth-order valence-electron chi connectivity index (χ4n) is 7.01. The van der Waals surface area contributed by atoms with Gasteiger partial charge in [0.15, 0.2) is 0 Å². The van der Waals surface area contributed by atoms with Crippen molar-refractivity contribution in [3.8, 4) is 33.4 Å². The van der Waals surface area contributed by atoms with Crippen LogP contribution in [-0.4, -0.2) is 0 Å². The fraction of sp³-hybridized carbons (Fsp3) is 0. The SMILES string of the molecule is C=C1c2ccccc2-c2cccc(N(c3ccc(-c4ccccc4)cc3)c3ccc(-c4cccc5c4oc4ccccc45)cc3)c21. The van der Waals surface area contributed by atoms with Crippen LogP contribution in [0.2, 0.25) is 0 Å². The molecule has 0 atom stereocenters. The molecule has 0 bridgehead atoms. The lowest BCUT2D eigenvalue weighted by molar-refractivity contribution is 0.670. The molecular weight excluding hydrogens is 558 g/mol. The standard InChI is InChI=1S/C44H29NO/c1-29-35-13-5-6-14-37(35)39-17-10-19-41(43(29)39)45(33-25-21-31(22-26-33)30-11-3-2-4-12-30)34-27-23-32(24-28-34)36-16-9-18-40-38-15-7-8-20-42(38)46-44(36)40/h2-28H,1H2. The lowest BCUT2D eigenvalue weighted by atomic mass is 9.99. The van der Waals surface area contributed by atoms with Crippen molar-refractivity contribution in [2.75, 3.05) is 4.90 Å². The highest BCUT2D eigenvalue weighted by molar-refractivity contribution is 6.10. The zero-order valence-electron chi connectivity index (χ0n) is 25.2. The smallest absolute Gasteiger partial charge is 0.143 e. The van der Waals surface area contributed by atoms with Crippen LogP contribution >= 0.6 is 0 Å². The van der Waals surface area contributed by atoms with E-state index in [4.69, 9.17) is 4.42 Å². The number of furan rings is 1. The zero-order valence-corrected chi connectivity index (χ0v) is 25.2. The van der Waals surface area contributed by atoms with Crippen LogP contribution in [-0.2, 0) is 0 Å². The summed E-state index contributed by atoms with van der Waals surface area (Å²) >= 11 is 0. The Balaban J connectivity index is 1.19. The van der Waals surface area contributed by atoms with E-state index >= 15 is 0 Å². The summed E-state index contributed by atoms with van der Waals surface area (Å²) in [6.45, 7) is 4.58. The van der Waals surface area contributed by atoms with Gasteiger partial charge in [0.25, 0.3) is 0 Å². The molecule has 0 aliphatic heterocycles. The quantitative estimate of drug-likeness (QED) is 0.199. The van der Waals surface area contributed by atoms with Gasteiger partial charge >= 0.3 is 0 Å². The summed E-state index contributed by atoms with van der Waals surface area (Å²) < 4.78 is 6.37. The molecule has 2 heteroatoms. The first kappa shape index (κ1) is 26.3. The number of hydrogen-bond donors (Lipinski definition) is 0. The summed E-state index contributed by atoms with van der Waals surface area (Å²) in [5, 5.41) is 2.27. The van der Waals surface area contributed by atoms with Crippen molar-refractivity contribution in [2.24, 2.45) is 0 Å². The minimum absolute atomic E-state index is 0.908. The summed E-state index contributed by atoms with van der Waals surface area (Å²) in [6, 6.07) is 58.0. The molecule has 1 aromatic heterocycles. The van der Waals surface area contributed by atoms with E-state index in [1.807, 2.05) is 12.1 Å². The first-order valence-electron chi connectivity index (χ1n) is 15.6. The van der Waals surface area contributed by atoms with Gasteiger partial charge in [0, 0.05) is 33.3 Å². The minimum Gasteiger partial charge on any atom is -0.455 e.